The molecule has 1 aromatic rings. The summed E-state index contributed by atoms with van der Waals surface area (Å²) in [5.41, 5.74) is 0.556. The summed E-state index contributed by atoms with van der Waals surface area (Å²) in [5.74, 6) is -0.348. The Bertz CT molecular complexity index is 498. The standard InChI is InChI=1S/C15H24N4O2/c1-10(2)14-16-8-12(13(18-14)15(20)21)17-11(3)9-19-6-4-5-7-19/h8,10-11,17H,4-7,9H2,1-3H3,(H,20,21). The summed E-state index contributed by atoms with van der Waals surface area (Å²) in [6, 6.07) is 0.162. The Labute approximate surface area is 125 Å². The van der Waals surface area contributed by atoms with E-state index in [9.17, 15) is 9.90 Å². The van der Waals surface area contributed by atoms with Gasteiger partial charge in [0, 0.05) is 18.5 Å². The molecule has 0 bridgehead atoms. The van der Waals surface area contributed by atoms with Crippen molar-refractivity contribution in [3.8, 4) is 0 Å². The van der Waals surface area contributed by atoms with Gasteiger partial charge in [0.15, 0.2) is 5.69 Å². The van der Waals surface area contributed by atoms with Crippen LogP contribution in [0.1, 0.15) is 55.8 Å². The predicted octanol–water partition coefficient (Wildman–Crippen LogP) is 2.19. The molecular weight excluding hydrogens is 268 g/mol. The van der Waals surface area contributed by atoms with E-state index in [2.05, 4.69) is 27.1 Å². The number of carbonyl (C=O) groups is 1. The maximum Gasteiger partial charge on any atom is 0.356 e. The number of rotatable bonds is 6. The second kappa shape index (κ2) is 6.85. The van der Waals surface area contributed by atoms with Crippen molar-refractivity contribution in [2.75, 3.05) is 25.0 Å². The molecule has 0 aliphatic carbocycles. The fourth-order valence-corrected chi connectivity index (χ4v) is 2.61. The van der Waals surface area contributed by atoms with Crippen molar-refractivity contribution in [2.45, 2.75) is 45.6 Å². The number of nitrogens with zero attached hydrogens (tertiary/aromatic N) is 3. The molecule has 21 heavy (non-hydrogen) atoms. The summed E-state index contributed by atoms with van der Waals surface area (Å²) in [6.45, 7) is 9.11. The number of aromatic nitrogens is 2. The number of aromatic carboxylic acids is 1. The molecule has 116 valence electrons. The van der Waals surface area contributed by atoms with Crippen molar-refractivity contribution in [3.05, 3.63) is 17.7 Å². The maximum absolute atomic E-state index is 11.4. The molecular formula is C15H24N4O2. The molecule has 0 aromatic carbocycles. The SMILES string of the molecule is CC(CN1CCCC1)Nc1cnc(C(C)C)nc1C(=O)O. The van der Waals surface area contributed by atoms with Crippen molar-refractivity contribution < 1.29 is 9.90 Å². The molecule has 6 nitrogen and oxygen atoms in total. The average Bonchev–Trinajstić information content (AvgIpc) is 2.91. The van der Waals surface area contributed by atoms with E-state index in [4.69, 9.17) is 0 Å². The Hall–Kier alpha value is -1.69. The first-order chi connectivity index (χ1) is 9.97. The number of hydrogen-bond donors (Lipinski definition) is 2. The zero-order valence-electron chi connectivity index (χ0n) is 13.0. The topological polar surface area (TPSA) is 78.3 Å². The highest BCUT2D eigenvalue weighted by molar-refractivity contribution is 5.91. The van der Waals surface area contributed by atoms with Crippen LogP contribution in [0.25, 0.3) is 0 Å². The minimum atomic E-state index is -1.02. The second-order valence-corrected chi connectivity index (χ2v) is 6.00. The molecule has 2 N–H and O–H groups in total. The van der Waals surface area contributed by atoms with Gasteiger partial charge in [-0.15, -0.1) is 0 Å². The van der Waals surface area contributed by atoms with Crippen molar-refractivity contribution in [1.29, 1.82) is 0 Å². The van der Waals surface area contributed by atoms with Crippen LogP contribution in [-0.4, -0.2) is 51.6 Å². The first-order valence-corrected chi connectivity index (χ1v) is 7.56. The molecule has 1 atom stereocenters. The van der Waals surface area contributed by atoms with Gasteiger partial charge in [0.2, 0.25) is 0 Å². The van der Waals surface area contributed by atoms with Gasteiger partial charge in [-0.05, 0) is 32.9 Å². The van der Waals surface area contributed by atoms with Crippen LogP contribution in [0.2, 0.25) is 0 Å². The summed E-state index contributed by atoms with van der Waals surface area (Å²) in [7, 11) is 0. The highest BCUT2D eigenvalue weighted by Crippen LogP contribution is 2.18. The number of carboxylic acids is 1. The Morgan fingerprint density at radius 1 is 1.38 bits per heavy atom. The Balaban J connectivity index is 2.09. The van der Waals surface area contributed by atoms with Gasteiger partial charge < -0.3 is 15.3 Å². The van der Waals surface area contributed by atoms with E-state index in [0.717, 1.165) is 19.6 Å². The molecule has 0 saturated carbocycles. The van der Waals surface area contributed by atoms with Gasteiger partial charge >= 0.3 is 5.97 Å². The highest BCUT2D eigenvalue weighted by Gasteiger charge is 2.19. The molecule has 0 amide bonds. The van der Waals surface area contributed by atoms with Crippen LogP contribution >= 0.6 is 0 Å². The van der Waals surface area contributed by atoms with Gasteiger partial charge in [0.1, 0.15) is 5.82 Å². The molecule has 1 fully saturated rings. The van der Waals surface area contributed by atoms with Gasteiger partial charge in [-0.1, -0.05) is 13.8 Å². The van der Waals surface area contributed by atoms with Crippen molar-refractivity contribution in [3.63, 3.8) is 0 Å². The van der Waals surface area contributed by atoms with Crippen LogP contribution in [0.3, 0.4) is 0 Å². The molecule has 1 aliphatic rings. The van der Waals surface area contributed by atoms with Gasteiger partial charge in [0.05, 0.1) is 11.9 Å². The van der Waals surface area contributed by atoms with E-state index in [-0.39, 0.29) is 17.7 Å². The Morgan fingerprint density at radius 2 is 2.05 bits per heavy atom. The maximum atomic E-state index is 11.4. The van der Waals surface area contributed by atoms with E-state index >= 15 is 0 Å². The first kappa shape index (κ1) is 15.7. The minimum Gasteiger partial charge on any atom is -0.476 e. The van der Waals surface area contributed by atoms with Crippen LogP contribution in [0.5, 0.6) is 0 Å². The normalized spacial score (nSPS) is 17.1. The van der Waals surface area contributed by atoms with Gasteiger partial charge in [0.25, 0.3) is 0 Å². The van der Waals surface area contributed by atoms with Gasteiger partial charge in [-0.3, -0.25) is 0 Å². The number of nitrogens with one attached hydrogen (secondary N) is 1. The number of anilines is 1. The fourth-order valence-electron chi connectivity index (χ4n) is 2.61. The summed E-state index contributed by atoms with van der Waals surface area (Å²) < 4.78 is 0. The lowest BCUT2D eigenvalue weighted by Gasteiger charge is -2.22. The van der Waals surface area contributed by atoms with E-state index < -0.39 is 5.97 Å². The van der Waals surface area contributed by atoms with Crippen LogP contribution < -0.4 is 5.32 Å². The molecule has 0 radical (unpaired) electrons. The Kier molecular flexibility index (Phi) is 5.12. The number of hydrogen-bond acceptors (Lipinski definition) is 5. The van der Waals surface area contributed by atoms with E-state index in [0.29, 0.717) is 11.5 Å². The largest absolute Gasteiger partial charge is 0.476 e. The van der Waals surface area contributed by atoms with E-state index in [1.54, 1.807) is 6.20 Å². The van der Waals surface area contributed by atoms with E-state index in [1.807, 2.05) is 13.8 Å². The molecule has 2 heterocycles. The average molecular weight is 292 g/mol. The van der Waals surface area contributed by atoms with Crippen LogP contribution in [-0.2, 0) is 0 Å². The second-order valence-electron chi connectivity index (χ2n) is 6.00. The van der Waals surface area contributed by atoms with Gasteiger partial charge in [-0.2, -0.15) is 0 Å². The molecule has 1 unspecified atom stereocenters. The fraction of sp³-hybridized carbons (Fsp3) is 0.667. The first-order valence-electron chi connectivity index (χ1n) is 7.56. The third-order valence-electron chi connectivity index (χ3n) is 3.66. The van der Waals surface area contributed by atoms with Crippen LogP contribution in [0, 0.1) is 0 Å². The lowest BCUT2D eigenvalue weighted by Crippen LogP contribution is -2.33. The molecule has 2 rings (SSSR count). The lowest BCUT2D eigenvalue weighted by atomic mass is 10.2. The molecule has 1 aromatic heterocycles. The monoisotopic (exact) mass is 292 g/mol. The quantitative estimate of drug-likeness (QED) is 0.837. The minimum absolute atomic E-state index is 0.0574. The highest BCUT2D eigenvalue weighted by atomic mass is 16.4. The predicted molar refractivity (Wildman–Crippen MR) is 81.8 cm³/mol. The van der Waals surface area contributed by atoms with Crippen molar-refractivity contribution in [2.24, 2.45) is 0 Å². The summed E-state index contributed by atoms with van der Waals surface area (Å²) in [4.78, 5) is 22.2. The van der Waals surface area contributed by atoms with Crippen LogP contribution in [0.15, 0.2) is 6.20 Å². The van der Waals surface area contributed by atoms with Crippen molar-refractivity contribution in [1.82, 2.24) is 14.9 Å². The zero-order valence-corrected chi connectivity index (χ0v) is 13.0. The smallest absolute Gasteiger partial charge is 0.356 e. The summed E-state index contributed by atoms with van der Waals surface area (Å²) in [5, 5.41) is 12.6. The molecule has 0 spiro atoms. The number of likely N-dealkylation sites (tertiary alicyclic amines) is 1. The van der Waals surface area contributed by atoms with Gasteiger partial charge in [-0.25, -0.2) is 14.8 Å². The van der Waals surface area contributed by atoms with Crippen LogP contribution in [0.4, 0.5) is 5.69 Å². The van der Waals surface area contributed by atoms with Crippen molar-refractivity contribution >= 4 is 11.7 Å². The molecule has 1 aliphatic heterocycles. The zero-order chi connectivity index (χ0) is 15.4. The molecule has 6 heteroatoms. The van der Waals surface area contributed by atoms with E-state index in [1.165, 1.54) is 12.8 Å². The number of carboxylic acid groups (broad SMARTS) is 1. The third kappa shape index (κ3) is 4.14. The Morgan fingerprint density at radius 3 is 2.62 bits per heavy atom. The summed E-state index contributed by atoms with van der Waals surface area (Å²) in [6.07, 6.45) is 4.09. The molecule has 1 saturated heterocycles. The third-order valence-corrected chi connectivity index (χ3v) is 3.66. The lowest BCUT2D eigenvalue weighted by molar-refractivity contribution is 0.0691. The summed E-state index contributed by atoms with van der Waals surface area (Å²) >= 11 is 0.